The van der Waals surface area contributed by atoms with Gasteiger partial charge in [-0.1, -0.05) is 39.0 Å². The molecule has 1 aliphatic carbocycles. The standard InChI is InChI=1S/C12H23NS/c1-11-7-10-13-12(14-11)8-5-3-2-4-6-9-12/h11,13H,2-10H2,1H3. The fourth-order valence-electron chi connectivity index (χ4n) is 2.76. The minimum atomic E-state index is 0.470. The van der Waals surface area contributed by atoms with Crippen LogP contribution in [0, 0.1) is 0 Å². The summed E-state index contributed by atoms with van der Waals surface area (Å²) in [7, 11) is 0. The van der Waals surface area contributed by atoms with E-state index in [1.54, 1.807) is 0 Å². The quantitative estimate of drug-likeness (QED) is 0.660. The minimum absolute atomic E-state index is 0.470. The van der Waals surface area contributed by atoms with Crippen LogP contribution < -0.4 is 5.32 Å². The van der Waals surface area contributed by atoms with E-state index in [9.17, 15) is 0 Å². The maximum Gasteiger partial charge on any atom is 0.0647 e. The summed E-state index contributed by atoms with van der Waals surface area (Å²) in [5.74, 6) is 0. The van der Waals surface area contributed by atoms with Crippen molar-refractivity contribution in [1.29, 1.82) is 0 Å². The summed E-state index contributed by atoms with van der Waals surface area (Å²) >= 11 is 2.22. The predicted octanol–water partition coefficient (Wildman–Crippen LogP) is 3.54. The van der Waals surface area contributed by atoms with Gasteiger partial charge in [-0.2, -0.15) is 0 Å². The maximum atomic E-state index is 3.80. The van der Waals surface area contributed by atoms with Crippen LogP contribution in [-0.4, -0.2) is 16.7 Å². The molecular formula is C12H23NS. The molecule has 1 aliphatic heterocycles. The van der Waals surface area contributed by atoms with E-state index in [1.807, 2.05) is 0 Å². The van der Waals surface area contributed by atoms with Gasteiger partial charge in [0, 0.05) is 5.25 Å². The molecule has 0 amide bonds. The summed E-state index contributed by atoms with van der Waals surface area (Å²) in [6.07, 6.45) is 11.4. The summed E-state index contributed by atoms with van der Waals surface area (Å²) < 4.78 is 0. The first-order valence-corrected chi connectivity index (χ1v) is 7.12. The lowest BCUT2D eigenvalue weighted by atomic mass is 9.95. The van der Waals surface area contributed by atoms with E-state index in [4.69, 9.17) is 0 Å². The first-order valence-electron chi connectivity index (χ1n) is 6.24. The van der Waals surface area contributed by atoms with Crippen LogP contribution in [0.4, 0.5) is 0 Å². The molecule has 0 radical (unpaired) electrons. The number of hydrogen-bond acceptors (Lipinski definition) is 2. The molecule has 0 bridgehead atoms. The van der Waals surface area contributed by atoms with Crippen molar-refractivity contribution in [2.75, 3.05) is 6.54 Å². The summed E-state index contributed by atoms with van der Waals surface area (Å²) in [5.41, 5.74) is 0. The Hall–Kier alpha value is 0.310. The van der Waals surface area contributed by atoms with Crippen molar-refractivity contribution in [2.45, 2.75) is 68.4 Å². The second-order valence-electron chi connectivity index (χ2n) is 4.91. The van der Waals surface area contributed by atoms with Gasteiger partial charge in [-0.05, 0) is 25.8 Å². The van der Waals surface area contributed by atoms with Crippen LogP contribution in [-0.2, 0) is 0 Å². The first-order chi connectivity index (χ1) is 6.81. The van der Waals surface area contributed by atoms with E-state index in [1.165, 1.54) is 57.9 Å². The fraction of sp³-hybridized carbons (Fsp3) is 1.00. The second kappa shape index (κ2) is 4.89. The third-order valence-corrected chi connectivity index (χ3v) is 5.23. The SMILES string of the molecule is CC1CCNC2(CCCCCCC2)S1. The van der Waals surface area contributed by atoms with Crippen molar-refractivity contribution in [1.82, 2.24) is 5.32 Å². The Kier molecular flexibility index (Phi) is 3.78. The zero-order chi connectivity index (χ0) is 9.86. The van der Waals surface area contributed by atoms with E-state index in [0.717, 1.165) is 5.25 Å². The van der Waals surface area contributed by atoms with Crippen LogP contribution in [0.5, 0.6) is 0 Å². The molecule has 2 aliphatic rings. The smallest absolute Gasteiger partial charge is 0.0647 e. The normalized spacial score (nSPS) is 33.6. The molecule has 1 atom stereocenters. The number of hydrogen-bond donors (Lipinski definition) is 1. The van der Waals surface area contributed by atoms with Crippen LogP contribution in [0.15, 0.2) is 0 Å². The molecule has 14 heavy (non-hydrogen) atoms. The predicted molar refractivity (Wildman–Crippen MR) is 64.7 cm³/mol. The molecule has 1 heterocycles. The van der Waals surface area contributed by atoms with Crippen molar-refractivity contribution >= 4 is 11.8 Å². The highest BCUT2D eigenvalue weighted by Crippen LogP contribution is 2.41. The van der Waals surface area contributed by atoms with Crippen molar-refractivity contribution in [3.05, 3.63) is 0 Å². The van der Waals surface area contributed by atoms with Crippen LogP contribution in [0.3, 0.4) is 0 Å². The average Bonchev–Trinajstić information content (AvgIpc) is 2.12. The highest BCUT2D eigenvalue weighted by atomic mass is 32.2. The summed E-state index contributed by atoms with van der Waals surface area (Å²) in [6.45, 7) is 3.64. The van der Waals surface area contributed by atoms with Crippen molar-refractivity contribution in [3.63, 3.8) is 0 Å². The Bertz CT molecular complexity index is 173. The molecule has 0 aromatic rings. The van der Waals surface area contributed by atoms with Gasteiger partial charge in [0.15, 0.2) is 0 Å². The molecule has 2 fully saturated rings. The zero-order valence-corrected chi connectivity index (χ0v) is 10.2. The lowest BCUT2D eigenvalue weighted by Gasteiger charge is -2.42. The summed E-state index contributed by atoms with van der Waals surface area (Å²) in [6, 6.07) is 0. The molecule has 1 nitrogen and oxygen atoms in total. The van der Waals surface area contributed by atoms with Crippen LogP contribution in [0.2, 0.25) is 0 Å². The monoisotopic (exact) mass is 213 g/mol. The lowest BCUT2D eigenvalue weighted by Crippen LogP contribution is -2.48. The van der Waals surface area contributed by atoms with Gasteiger partial charge in [0.1, 0.15) is 0 Å². The van der Waals surface area contributed by atoms with Gasteiger partial charge in [-0.3, -0.25) is 0 Å². The van der Waals surface area contributed by atoms with Gasteiger partial charge in [-0.25, -0.2) is 0 Å². The number of thioether (sulfide) groups is 1. The molecule has 82 valence electrons. The Morgan fingerprint density at radius 2 is 1.71 bits per heavy atom. The molecule has 1 N–H and O–H groups in total. The van der Waals surface area contributed by atoms with Gasteiger partial charge in [0.2, 0.25) is 0 Å². The second-order valence-corrected chi connectivity index (χ2v) is 6.73. The molecule has 0 aromatic heterocycles. The van der Waals surface area contributed by atoms with Gasteiger partial charge < -0.3 is 5.32 Å². The third-order valence-electron chi connectivity index (χ3n) is 3.59. The molecular weight excluding hydrogens is 190 g/mol. The maximum absolute atomic E-state index is 3.80. The molecule has 1 spiro atoms. The van der Waals surface area contributed by atoms with E-state index in [2.05, 4.69) is 24.0 Å². The molecule has 1 saturated heterocycles. The van der Waals surface area contributed by atoms with Gasteiger partial charge >= 0.3 is 0 Å². The topological polar surface area (TPSA) is 12.0 Å². The minimum Gasteiger partial charge on any atom is -0.303 e. The van der Waals surface area contributed by atoms with Crippen molar-refractivity contribution < 1.29 is 0 Å². The first kappa shape index (κ1) is 10.8. The Balaban J connectivity index is 1.95. The number of nitrogens with one attached hydrogen (secondary N) is 1. The molecule has 0 aromatic carbocycles. The zero-order valence-electron chi connectivity index (χ0n) is 9.35. The fourth-order valence-corrected chi connectivity index (χ4v) is 4.48. The Morgan fingerprint density at radius 3 is 2.36 bits per heavy atom. The lowest BCUT2D eigenvalue weighted by molar-refractivity contribution is 0.343. The van der Waals surface area contributed by atoms with Crippen molar-refractivity contribution in [3.8, 4) is 0 Å². The van der Waals surface area contributed by atoms with Crippen LogP contribution in [0.1, 0.15) is 58.3 Å². The largest absolute Gasteiger partial charge is 0.303 e. The van der Waals surface area contributed by atoms with E-state index < -0.39 is 0 Å². The van der Waals surface area contributed by atoms with Gasteiger partial charge in [0.25, 0.3) is 0 Å². The van der Waals surface area contributed by atoms with Crippen LogP contribution in [0.25, 0.3) is 0 Å². The average molecular weight is 213 g/mol. The van der Waals surface area contributed by atoms with Gasteiger partial charge in [-0.15, -0.1) is 11.8 Å². The Labute approximate surface area is 92.4 Å². The Morgan fingerprint density at radius 1 is 1.07 bits per heavy atom. The van der Waals surface area contributed by atoms with E-state index in [0.29, 0.717) is 4.87 Å². The molecule has 1 saturated carbocycles. The highest BCUT2D eigenvalue weighted by molar-refractivity contribution is 8.01. The van der Waals surface area contributed by atoms with E-state index >= 15 is 0 Å². The van der Waals surface area contributed by atoms with Crippen LogP contribution >= 0.6 is 11.8 Å². The van der Waals surface area contributed by atoms with E-state index in [-0.39, 0.29) is 0 Å². The summed E-state index contributed by atoms with van der Waals surface area (Å²) in [5, 5.41) is 4.67. The summed E-state index contributed by atoms with van der Waals surface area (Å²) in [4.78, 5) is 0.470. The number of rotatable bonds is 0. The molecule has 2 heteroatoms. The van der Waals surface area contributed by atoms with Gasteiger partial charge in [0.05, 0.1) is 4.87 Å². The molecule has 1 unspecified atom stereocenters. The van der Waals surface area contributed by atoms with Crippen molar-refractivity contribution in [2.24, 2.45) is 0 Å². The highest BCUT2D eigenvalue weighted by Gasteiger charge is 2.34. The third kappa shape index (κ3) is 2.66. The molecule has 2 rings (SSSR count).